The van der Waals surface area contributed by atoms with Crippen LogP contribution < -0.4 is 56.6 Å². The van der Waals surface area contributed by atoms with Gasteiger partial charge >= 0.3 is 41.5 Å². The predicted molar refractivity (Wildman–Crippen MR) is 517 cm³/mol. The van der Waals surface area contributed by atoms with E-state index in [1.165, 1.54) is 30.5 Å². The molecule has 0 aromatic heterocycles. The van der Waals surface area contributed by atoms with Crippen molar-refractivity contribution in [3.8, 4) is 0 Å². The number of rotatable bonds is 19. The number of benzene rings is 4. The van der Waals surface area contributed by atoms with Crippen molar-refractivity contribution in [1.29, 1.82) is 0 Å². The normalized spacial score (nSPS) is 22.0. The van der Waals surface area contributed by atoms with Crippen LogP contribution in [0.25, 0.3) is 0 Å². The van der Waals surface area contributed by atoms with E-state index in [4.69, 9.17) is 73.2 Å². The molecule has 4 aromatic carbocycles. The number of ether oxygens (including phenoxy) is 11. The summed E-state index contributed by atoms with van der Waals surface area (Å²) in [5.74, 6) is -3.37. The summed E-state index contributed by atoms with van der Waals surface area (Å²) >= 11 is 8.87. The molecule has 7 heterocycles. The number of hydrogen-bond acceptors (Lipinski definition) is 29. The van der Waals surface area contributed by atoms with E-state index in [0.29, 0.717) is 68.7 Å². The van der Waals surface area contributed by atoms with Crippen molar-refractivity contribution < 1.29 is 145 Å². The number of ketones is 2. The second kappa shape index (κ2) is 78.8. The van der Waals surface area contributed by atoms with Gasteiger partial charge in [-0.2, -0.15) is 0 Å². The van der Waals surface area contributed by atoms with E-state index in [9.17, 15) is 33.6 Å². The number of amides is 1. The number of hydrogen-bond donors (Lipinski definition) is 8. The molecule has 737 valence electrons. The average Bonchev–Trinajstić information content (AvgIpc) is 1.66. The summed E-state index contributed by atoms with van der Waals surface area (Å²) in [6, 6.07) is 41.9. The van der Waals surface area contributed by atoms with Crippen molar-refractivity contribution in [1.82, 2.24) is 26.2 Å². The number of nitrogens with two attached hydrogens (primary N) is 1. The number of carbonyl (C=O) groups excluding carboxylic acids is 7. The van der Waals surface area contributed by atoms with Crippen LogP contribution in [0.5, 0.6) is 0 Å². The van der Waals surface area contributed by atoms with Crippen LogP contribution >= 0.6 is 47.8 Å². The topological polar surface area (TPSA) is 387 Å². The van der Waals surface area contributed by atoms with E-state index in [1.807, 2.05) is 147 Å². The van der Waals surface area contributed by atoms with Crippen molar-refractivity contribution in [3.05, 3.63) is 144 Å². The largest absolute Gasteiger partial charge is 1.00 e. The zero-order valence-corrected chi connectivity index (χ0v) is 80.4. The Balaban J connectivity index is -0.000000177. The number of halogens is 3. The number of morpholine rings is 2. The molecule has 7 fully saturated rings. The molecular formula is C93H166BBr3N6NaO24. The Hall–Kier alpha value is -4.49. The van der Waals surface area contributed by atoms with Gasteiger partial charge in [-0.1, -0.05) is 220 Å². The minimum atomic E-state index is -0.639. The van der Waals surface area contributed by atoms with Gasteiger partial charge in [0.25, 0.3) is 0 Å². The molecule has 4 aromatic rings. The number of carbonyl (C=O) groups is 7. The van der Waals surface area contributed by atoms with Gasteiger partial charge in [-0.25, -0.2) is 19.4 Å². The molecule has 1 amide bonds. The molecular weight excluding hydrogens is 1860 g/mol. The Labute approximate surface area is 818 Å². The van der Waals surface area contributed by atoms with Crippen molar-refractivity contribution in [2.75, 3.05) is 89.8 Å². The van der Waals surface area contributed by atoms with Gasteiger partial charge in [-0.15, -0.1) is 0 Å². The molecule has 11 rings (SSSR count). The van der Waals surface area contributed by atoms with Crippen LogP contribution in [-0.2, 0) is 126 Å². The van der Waals surface area contributed by atoms with Crippen LogP contribution in [0.1, 0.15) is 213 Å². The van der Waals surface area contributed by atoms with E-state index in [-0.39, 0.29) is 204 Å². The summed E-state index contributed by atoms with van der Waals surface area (Å²) in [4.78, 5) is 82.0. The van der Waals surface area contributed by atoms with Crippen LogP contribution in [0.15, 0.2) is 121 Å². The van der Waals surface area contributed by atoms with Crippen molar-refractivity contribution in [2.24, 2.45) is 11.7 Å². The van der Waals surface area contributed by atoms with Crippen molar-refractivity contribution in [3.63, 3.8) is 0 Å². The summed E-state index contributed by atoms with van der Waals surface area (Å²) in [7, 11) is 4.32. The van der Waals surface area contributed by atoms with Crippen molar-refractivity contribution >= 4 is 95.9 Å². The zero-order chi connectivity index (χ0) is 89.7. The molecule has 0 spiro atoms. The van der Waals surface area contributed by atoms with Gasteiger partial charge in [0.05, 0.1) is 107 Å². The van der Waals surface area contributed by atoms with Gasteiger partial charge in [0.1, 0.15) is 18.8 Å². The first-order chi connectivity index (χ1) is 56.1. The van der Waals surface area contributed by atoms with E-state index in [0.717, 1.165) is 58.8 Å². The maximum absolute atomic E-state index is 12.3. The maximum Gasteiger partial charge on any atom is 1.00 e. The van der Waals surface area contributed by atoms with Gasteiger partial charge in [0.15, 0.2) is 34.7 Å². The molecule has 7 aliphatic heterocycles. The Bertz CT molecular complexity index is 3300. The fraction of sp³-hybridized carbons (Fsp3) is 0.667. The summed E-state index contributed by atoms with van der Waals surface area (Å²) in [6.07, 6.45) is 0.227. The number of nitrogens with one attached hydrogen (secondary N) is 4. The third kappa shape index (κ3) is 66.0. The molecule has 3 radical (unpaired) electrons. The molecule has 0 aliphatic carbocycles. The Kier molecular flexibility index (Phi) is 87.0. The van der Waals surface area contributed by atoms with E-state index >= 15 is 0 Å². The molecule has 7 aliphatic rings. The van der Waals surface area contributed by atoms with E-state index < -0.39 is 41.1 Å². The first kappa shape index (κ1) is 141. The Morgan fingerprint density at radius 1 is 0.516 bits per heavy atom. The fourth-order valence-corrected chi connectivity index (χ4v) is 11.5. The Morgan fingerprint density at radius 3 is 1.09 bits per heavy atom. The number of alkyl halides is 2. The van der Waals surface area contributed by atoms with Gasteiger partial charge in [0, 0.05) is 90.6 Å². The fourth-order valence-electron chi connectivity index (χ4n) is 11.1. The van der Waals surface area contributed by atoms with Crippen LogP contribution in [0, 0.1) is 5.92 Å². The van der Waals surface area contributed by atoms with Gasteiger partial charge in [0.2, 0.25) is 16.6 Å². The minimum absolute atomic E-state index is 0. The predicted octanol–water partition coefficient (Wildman–Crippen LogP) is 11.2. The van der Waals surface area contributed by atoms with E-state index in [2.05, 4.69) is 154 Å². The second-order valence-corrected chi connectivity index (χ2v) is 32.1. The van der Waals surface area contributed by atoms with E-state index in [1.54, 1.807) is 13.8 Å². The van der Waals surface area contributed by atoms with Gasteiger partial charge in [-0.3, -0.25) is 24.0 Å². The monoisotopic (exact) mass is 2020 g/mol. The second-order valence-electron chi connectivity index (χ2n) is 30.1. The summed E-state index contributed by atoms with van der Waals surface area (Å²) < 4.78 is 63.8. The van der Waals surface area contributed by atoms with Gasteiger partial charge in [-0.05, 0) is 141 Å². The number of aliphatic hydroxyl groups is 3. The summed E-state index contributed by atoms with van der Waals surface area (Å²) in [6.45, 7) is 41.3. The number of aliphatic hydroxyl groups excluding tert-OH is 3. The summed E-state index contributed by atoms with van der Waals surface area (Å²) in [5, 5.41) is 40.1. The van der Waals surface area contributed by atoms with Crippen LogP contribution in [0.3, 0.4) is 0 Å². The SMILES string of the molecule is C.C.C.C.C.C.C.C.CC(=O)OOC(C)=O.CC(=O)[C@H]1COC(C)(C)O1.CC(NCc1ccccc1)[C@H]1COC(C)(C)O1.CC(NCc1ccccc1)[C@H]1COC(C)(C)O1.CC([C@H]1COC(C)(C)O1)N(Cc1ccccc1)C(=O)CBr.CC1CC(=O)CO[C@@H]1CO.CC1NCCO[C@@H]1CO.CC1NCCO[C@@H]1CO.NCc1ccccc1.O=C(Br)CBr.[B-]OC(C)=O.[Na+]. The number of Topliss-reactive ketones (excluding diaryl/α,β-unsaturated/α-hetero) is 2. The average molecular weight is 2030 g/mol. The molecule has 9 N–H and O–H groups in total. The number of nitrogens with zero attached hydrogens (tertiary/aromatic N) is 1. The molecule has 13 atom stereocenters. The van der Waals surface area contributed by atoms with Crippen LogP contribution in [0.2, 0.25) is 0 Å². The quantitative estimate of drug-likeness (QED) is 0.0142. The molecule has 0 saturated carbocycles. The van der Waals surface area contributed by atoms with Crippen LogP contribution in [0.4, 0.5) is 0 Å². The van der Waals surface area contributed by atoms with Crippen LogP contribution in [-0.4, -0.2) is 254 Å². The summed E-state index contributed by atoms with van der Waals surface area (Å²) in [5.41, 5.74) is 10.2. The third-order valence-corrected chi connectivity index (χ3v) is 20.0. The van der Waals surface area contributed by atoms with Crippen molar-refractivity contribution in [2.45, 2.75) is 313 Å². The Morgan fingerprint density at radius 2 is 0.844 bits per heavy atom. The molecule has 128 heavy (non-hydrogen) atoms. The van der Waals surface area contributed by atoms with Gasteiger partial charge < -0.3 is 112 Å². The molecule has 0 bridgehead atoms. The zero-order valence-electron chi connectivity index (χ0n) is 73.6. The maximum atomic E-state index is 12.3. The standard InChI is InChI=1S/C16H22BrNO3.2C14H21NO2.C7H9N.2C7H12O3.2C6H13NO2.C4H6O4.C2H3BO2.C2H2Br2O.8CH4.Na/c1-12(14-11-20-16(2,3)21-14)18(15(19)9-17)10-13-7-5-4-6-8-13;2*1-11(13-10-16-14(2,3)17-13)15-9-12-7-5-4-6-8-12;8-6-7-4-2-1-3-5-7;1-5(8)6-4-9-7(2,3)10-6;1-5-2-6(9)4-10-7(5)3-8;2*1-5-6(4-8)9-3-2-7-5;1-3(5)7-8-4(2)6;1-2(4)5-3;3-1-2(4)5;;;;;;;;;/h4-8,12,14H,9-11H2,1-3H3;2*4-8,11,13,15H,9-10H2,1-3H3;1-5H,6,8H2;6H,4H2,1-3H3;5,7-8H,2-4H2,1H3;2*5-8H,2-4H2,1H3;1-2H3;1H3;1H2;8*1H4;/q;;;;;;;;;-1;;;;;;;;;;+1/t12?,14-;2*11?,13-;;6-;5?,7-;2*5?,6-;;;;;;;;;;;;/m111.1111............/s1. The molecule has 6 unspecified atom stereocenters. The minimum Gasteiger partial charge on any atom is -0.793 e. The first-order valence-corrected chi connectivity index (χ1v) is 42.7. The molecule has 30 nitrogen and oxygen atoms in total. The smallest absolute Gasteiger partial charge is 0.793 e. The first-order valence-electron chi connectivity index (χ1n) is 39.7. The molecule has 35 heteroatoms. The molecule has 7 saturated heterocycles. The third-order valence-electron chi connectivity index (χ3n) is 18.0.